The maximum absolute atomic E-state index is 13.8. The van der Waals surface area contributed by atoms with E-state index in [1.807, 2.05) is 55.5 Å². The lowest BCUT2D eigenvalue weighted by Gasteiger charge is -2.17. The summed E-state index contributed by atoms with van der Waals surface area (Å²) in [5.74, 6) is -1.02. The summed E-state index contributed by atoms with van der Waals surface area (Å²) >= 11 is 6.59. The van der Waals surface area contributed by atoms with Crippen LogP contribution in [-0.2, 0) is 21.5 Å². The molecule has 1 amide bonds. The minimum Gasteiger partial charge on any atom is -0.331 e. The number of hydrogen-bond acceptors (Lipinski definition) is 5. The number of allylic oxidation sites excluding steroid dienone is 4. The van der Waals surface area contributed by atoms with Crippen molar-refractivity contribution in [2.24, 2.45) is 0 Å². The summed E-state index contributed by atoms with van der Waals surface area (Å²) in [6.45, 7) is 2.04. The maximum Gasteiger partial charge on any atom is 0.303 e. The molecule has 38 heavy (non-hydrogen) atoms. The Hall–Kier alpha value is -3.79. The molecule has 10 heteroatoms. The van der Waals surface area contributed by atoms with Crippen LogP contribution in [0.1, 0.15) is 33.6 Å². The summed E-state index contributed by atoms with van der Waals surface area (Å²) in [7, 11) is -1.46. The van der Waals surface area contributed by atoms with Crippen molar-refractivity contribution in [3.63, 3.8) is 0 Å². The smallest absolute Gasteiger partial charge is 0.303 e. The molecular weight excluding hydrogens is 524 g/mol. The standard InChI is InChI=1S/C28H25ClN4O4S/c1-17-12-13-23-21(14-17)25(20-9-5-7-11-24(20)34)26(28(35)31-38(36,37)32(2)3)33(23)16-19-15-18-8-4-6-10-22(18)30-27(19)29/h4-10,12-15H,11,16H2,1-3H3,(H,31,35). The predicted molar refractivity (Wildman–Crippen MR) is 149 cm³/mol. The van der Waals surface area contributed by atoms with E-state index in [0.717, 1.165) is 20.8 Å². The zero-order valence-corrected chi connectivity index (χ0v) is 22.6. The molecule has 8 nitrogen and oxygen atoms in total. The fourth-order valence-electron chi connectivity index (χ4n) is 4.58. The van der Waals surface area contributed by atoms with Gasteiger partial charge in [-0.15, -0.1) is 0 Å². The minimum atomic E-state index is -4.12. The minimum absolute atomic E-state index is 0.0511. The Kier molecular flexibility index (Phi) is 6.68. The van der Waals surface area contributed by atoms with Crippen LogP contribution < -0.4 is 4.72 Å². The fraction of sp³-hybridized carbons (Fsp3) is 0.179. The van der Waals surface area contributed by atoms with Gasteiger partial charge in [-0.1, -0.05) is 59.7 Å². The predicted octanol–water partition coefficient (Wildman–Crippen LogP) is 4.65. The Morgan fingerprint density at radius 3 is 2.66 bits per heavy atom. The van der Waals surface area contributed by atoms with Gasteiger partial charge in [0, 0.05) is 53.5 Å². The number of nitrogens with one attached hydrogen (secondary N) is 1. The van der Waals surface area contributed by atoms with E-state index >= 15 is 0 Å². The number of halogens is 1. The van der Waals surface area contributed by atoms with Gasteiger partial charge < -0.3 is 4.57 Å². The quantitative estimate of drug-likeness (QED) is 0.353. The molecule has 0 saturated heterocycles. The zero-order valence-electron chi connectivity index (χ0n) is 21.0. The number of hydrogen-bond donors (Lipinski definition) is 1. The molecule has 2 aromatic heterocycles. The number of nitrogens with zero attached hydrogens (tertiary/aromatic N) is 3. The molecule has 194 valence electrons. The molecule has 5 rings (SSSR count). The molecule has 1 aliphatic rings. The summed E-state index contributed by atoms with van der Waals surface area (Å²) in [6.07, 6.45) is 5.35. The number of aromatic nitrogens is 2. The number of fused-ring (bicyclic) bond motifs is 2. The molecule has 0 saturated carbocycles. The summed E-state index contributed by atoms with van der Waals surface area (Å²) in [5, 5.41) is 1.80. The molecule has 4 aromatic rings. The van der Waals surface area contributed by atoms with Gasteiger partial charge in [0.2, 0.25) is 0 Å². The number of carbonyl (C=O) groups is 2. The lowest BCUT2D eigenvalue weighted by atomic mass is 9.93. The Bertz CT molecular complexity index is 1800. The van der Waals surface area contributed by atoms with Crippen molar-refractivity contribution in [1.29, 1.82) is 0 Å². The van der Waals surface area contributed by atoms with E-state index in [4.69, 9.17) is 11.6 Å². The molecule has 0 spiro atoms. The molecule has 1 N–H and O–H groups in total. The Labute approximate surface area is 225 Å². The van der Waals surface area contributed by atoms with E-state index < -0.39 is 16.1 Å². The largest absolute Gasteiger partial charge is 0.331 e. The van der Waals surface area contributed by atoms with Crippen LogP contribution in [0.15, 0.2) is 66.8 Å². The van der Waals surface area contributed by atoms with E-state index in [2.05, 4.69) is 9.71 Å². The lowest BCUT2D eigenvalue weighted by molar-refractivity contribution is -0.113. The number of pyridine rings is 1. The van der Waals surface area contributed by atoms with Crippen molar-refractivity contribution in [2.45, 2.75) is 19.9 Å². The molecule has 0 fully saturated rings. The Morgan fingerprint density at radius 2 is 1.92 bits per heavy atom. The van der Waals surface area contributed by atoms with E-state index in [1.165, 1.54) is 14.1 Å². The van der Waals surface area contributed by atoms with Crippen molar-refractivity contribution < 1.29 is 18.0 Å². The van der Waals surface area contributed by atoms with Gasteiger partial charge in [0.25, 0.3) is 5.91 Å². The number of Topliss-reactive ketones (excluding diaryl/α,β-unsaturated/α-hetero) is 1. The third kappa shape index (κ3) is 4.64. The van der Waals surface area contributed by atoms with Crippen molar-refractivity contribution in [2.75, 3.05) is 14.1 Å². The van der Waals surface area contributed by atoms with Gasteiger partial charge in [-0.05, 0) is 31.2 Å². The maximum atomic E-state index is 13.8. The number of rotatable bonds is 6. The molecule has 2 aromatic carbocycles. The molecule has 0 unspecified atom stereocenters. The lowest BCUT2D eigenvalue weighted by Crippen LogP contribution is -2.40. The van der Waals surface area contributed by atoms with Gasteiger partial charge in [0.15, 0.2) is 5.78 Å². The fourth-order valence-corrected chi connectivity index (χ4v) is 5.30. The van der Waals surface area contributed by atoms with Crippen LogP contribution in [0.2, 0.25) is 5.15 Å². The SMILES string of the molecule is Cc1ccc2c(c1)c(C1=CC=CCC1=O)c(C(=O)NS(=O)(=O)N(C)C)n2Cc1cc2ccccc2nc1Cl. The Morgan fingerprint density at radius 1 is 1.16 bits per heavy atom. The second-order valence-electron chi connectivity index (χ2n) is 9.32. The average Bonchev–Trinajstić information content (AvgIpc) is 3.17. The van der Waals surface area contributed by atoms with Gasteiger partial charge >= 0.3 is 10.2 Å². The number of aryl methyl sites for hydroxylation is 1. The van der Waals surface area contributed by atoms with Crippen molar-refractivity contribution in [1.82, 2.24) is 18.6 Å². The number of carbonyl (C=O) groups excluding carboxylic acids is 2. The molecule has 0 radical (unpaired) electrons. The van der Waals surface area contributed by atoms with Gasteiger partial charge in [-0.2, -0.15) is 12.7 Å². The van der Waals surface area contributed by atoms with Gasteiger partial charge in [0.1, 0.15) is 10.8 Å². The monoisotopic (exact) mass is 548 g/mol. The molecule has 0 atom stereocenters. The first-order valence-corrected chi connectivity index (χ1v) is 13.7. The highest BCUT2D eigenvalue weighted by molar-refractivity contribution is 7.87. The first-order chi connectivity index (χ1) is 18.1. The second-order valence-corrected chi connectivity index (χ2v) is 11.6. The molecule has 1 aliphatic carbocycles. The molecular formula is C28H25ClN4O4S. The summed E-state index contributed by atoms with van der Waals surface area (Å²) in [5.41, 5.74) is 3.73. The molecule has 2 heterocycles. The first-order valence-electron chi connectivity index (χ1n) is 11.9. The summed E-state index contributed by atoms with van der Waals surface area (Å²) < 4.78 is 30.1. The molecule has 0 aliphatic heterocycles. The van der Waals surface area contributed by atoms with Crippen LogP contribution in [0, 0.1) is 6.92 Å². The number of amides is 1. The second kappa shape index (κ2) is 9.83. The molecule has 0 bridgehead atoms. The normalized spacial score (nSPS) is 13.9. The van der Waals surface area contributed by atoms with E-state index in [1.54, 1.807) is 22.8 Å². The zero-order chi connectivity index (χ0) is 27.2. The van der Waals surface area contributed by atoms with Crippen LogP contribution in [0.4, 0.5) is 0 Å². The summed E-state index contributed by atoms with van der Waals surface area (Å²) in [6, 6.07) is 15.1. The average molecular weight is 549 g/mol. The van der Waals surface area contributed by atoms with Crippen LogP contribution in [0.5, 0.6) is 0 Å². The van der Waals surface area contributed by atoms with Crippen LogP contribution in [-0.4, -0.2) is 48.1 Å². The third-order valence-corrected chi connectivity index (χ3v) is 8.22. The van der Waals surface area contributed by atoms with E-state index in [0.29, 0.717) is 27.6 Å². The van der Waals surface area contributed by atoms with Crippen LogP contribution in [0.3, 0.4) is 0 Å². The number of ketones is 1. The number of para-hydroxylation sites is 1. The van der Waals surface area contributed by atoms with Gasteiger partial charge in [-0.3, -0.25) is 9.59 Å². The highest BCUT2D eigenvalue weighted by atomic mass is 35.5. The van der Waals surface area contributed by atoms with Crippen molar-refractivity contribution in [3.05, 3.63) is 94.3 Å². The van der Waals surface area contributed by atoms with Crippen LogP contribution >= 0.6 is 11.6 Å². The van der Waals surface area contributed by atoms with Gasteiger partial charge in [0.05, 0.1) is 12.1 Å². The van der Waals surface area contributed by atoms with Crippen molar-refractivity contribution in [3.8, 4) is 0 Å². The van der Waals surface area contributed by atoms with Gasteiger partial charge in [-0.25, -0.2) is 9.71 Å². The first kappa shape index (κ1) is 25.8. The topological polar surface area (TPSA) is 101 Å². The van der Waals surface area contributed by atoms with E-state index in [-0.39, 0.29) is 29.6 Å². The highest BCUT2D eigenvalue weighted by Crippen LogP contribution is 2.36. The van der Waals surface area contributed by atoms with Crippen LogP contribution in [0.25, 0.3) is 27.4 Å². The summed E-state index contributed by atoms with van der Waals surface area (Å²) in [4.78, 5) is 31.3. The Balaban J connectivity index is 1.80. The number of benzene rings is 2. The highest BCUT2D eigenvalue weighted by Gasteiger charge is 2.31. The van der Waals surface area contributed by atoms with Crippen molar-refractivity contribution >= 4 is 60.9 Å². The van der Waals surface area contributed by atoms with E-state index in [9.17, 15) is 18.0 Å². The third-order valence-electron chi connectivity index (χ3n) is 6.49.